The van der Waals surface area contributed by atoms with Crippen LogP contribution in [0, 0.1) is 0 Å². The van der Waals surface area contributed by atoms with Gasteiger partial charge in [-0.1, -0.05) is 0 Å². The van der Waals surface area contributed by atoms with Crippen LogP contribution in [0.3, 0.4) is 0 Å². The highest BCUT2D eigenvalue weighted by atomic mass is 16.5. The lowest BCUT2D eigenvalue weighted by molar-refractivity contribution is -0.144. The van der Waals surface area contributed by atoms with Gasteiger partial charge in [0.1, 0.15) is 13.2 Å². The normalized spacial score (nSPS) is 9.88. The Morgan fingerprint density at radius 3 is 2.71 bits per heavy atom. The van der Waals surface area contributed by atoms with Crippen molar-refractivity contribution in [3.63, 3.8) is 0 Å². The molecule has 1 heterocycles. The van der Waals surface area contributed by atoms with E-state index in [9.17, 15) is 14.4 Å². The number of hydrogen-bond donors (Lipinski definition) is 2. The van der Waals surface area contributed by atoms with E-state index in [1.54, 1.807) is 0 Å². The molecule has 0 spiro atoms. The number of amides is 1. The van der Waals surface area contributed by atoms with Gasteiger partial charge in [-0.05, 0) is 6.07 Å². The summed E-state index contributed by atoms with van der Waals surface area (Å²) in [6.07, 6.45) is 1.30. The minimum Gasteiger partial charge on any atom is -0.464 e. The lowest BCUT2D eigenvalue weighted by Crippen LogP contribution is -2.25. The van der Waals surface area contributed by atoms with E-state index in [0.29, 0.717) is 5.69 Å². The van der Waals surface area contributed by atoms with Crippen LogP contribution in [0.1, 0.15) is 6.42 Å². The standard InChI is InChI=1S/C10H13N3O4/c11-7-1-2-9(15)13(5-7)6-10(16)17-4-3-8(12)14/h1-2,5H,3-4,6,11H2,(H2,12,14). The quantitative estimate of drug-likeness (QED) is 0.629. The number of aromatic nitrogens is 1. The van der Waals surface area contributed by atoms with Gasteiger partial charge in [-0.15, -0.1) is 0 Å². The molecule has 1 rings (SSSR count). The van der Waals surface area contributed by atoms with E-state index in [2.05, 4.69) is 0 Å². The topological polar surface area (TPSA) is 117 Å². The monoisotopic (exact) mass is 239 g/mol. The summed E-state index contributed by atoms with van der Waals surface area (Å²) in [5, 5.41) is 0. The summed E-state index contributed by atoms with van der Waals surface area (Å²) < 4.78 is 5.84. The minimum atomic E-state index is -0.626. The number of nitrogens with zero attached hydrogens (tertiary/aromatic N) is 1. The largest absolute Gasteiger partial charge is 0.464 e. The first kappa shape index (κ1) is 12.8. The van der Waals surface area contributed by atoms with E-state index >= 15 is 0 Å². The Bertz CT molecular complexity index is 481. The fourth-order valence-corrected chi connectivity index (χ4v) is 1.12. The zero-order valence-electron chi connectivity index (χ0n) is 9.09. The van der Waals surface area contributed by atoms with Gasteiger partial charge in [-0.3, -0.25) is 14.4 Å². The Hall–Kier alpha value is -2.31. The van der Waals surface area contributed by atoms with Crippen LogP contribution in [0.5, 0.6) is 0 Å². The lowest BCUT2D eigenvalue weighted by atomic mass is 10.4. The van der Waals surface area contributed by atoms with E-state index < -0.39 is 11.9 Å². The summed E-state index contributed by atoms with van der Waals surface area (Å²) in [5.41, 5.74) is 10.4. The molecular weight excluding hydrogens is 226 g/mol. The summed E-state index contributed by atoms with van der Waals surface area (Å²) in [6.45, 7) is -0.339. The summed E-state index contributed by atoms with van der Waals surface area (Å²) in [7, 11) is 0. The maximum absolute atomic E-state index is 11.3. The van der Waals surface area contributed by atoms with Crippen molar-refractivity contribution >= 4 is 17.6 Å². The zero-order valence-corrected chi connectivity index (χ0v) is 9.09. The highest BCUT2D eigenvalue weighted by molar-refractivity contribution is 5.74. The molecule has 0 fully saturated rings. The number of esters is 1. The molecule has 0 aliphatic heterocycles. The van der Waals surface area contributed by atoms with Gasteiger partial charge in [0.25, 0.3) is 5.56 Å². The molecule has 0 aromatic carbocycles. The molecule has 7 nitrogen and oxygen atoms in total. The van der Waals surface area contributed by atoms with Crippen molar-refractivity contribution < 1.29 is 14.3 Å². The summed E-state index contributed by atoms with van der Waals surface area (Å²) in [5.74, 6) is -1.18. The number of primary amides is 1. The van der Waals surface area contributed by atoms with Crippen molar-refractivity contribution in [2.75, 3.05) is 12.3 Å². The molecule has 7 heteroatoms. The Kier molecular flexibility index (Phi) is 4.27. The summed E-state index contributed by atoms with van der Waals surface area (Å²) in [6, 6.07) is 2.70. The summed E-state index contributed by atoms with van der Waals surface area (Å²) in [4.78, 5) is 33.0. The maximum atomic E-state index is 11.3. The molecule has 1 aromatic rings. The molecule has 0 atom stereocenters. The number of nitrogen functional groups attached to an aromatic ring is 1. The molecule has 0 aliphatic rings. The smallest absolute Gasteiger partial charge is 0.326 e. The molecule has 0 saturated carbocycles. The predicted octanol–water partition coefficient (Wildman–Crippen LogP) is -1.15. The fraction of sp³-hybridized carbons (Fsp3) is 0.300. The molecule has 1 amide bonds. The molecule has 17 heavy (non-hydrogen) atoms. The maximum Gasteiger partial charge on any atom is 0.326 e. The van der Waals surface area contributed by atoms with Crippen molar-refractivity contribution in [1.29, 1.82) is 0 Å². The first-order valence-electron chi connectivity index (χ1n) is 4.89. The van der Waals surface area contributed by atoms with Crippen molar-refractivity contribution in [1.82, 2.24) is 4.57 Å². The van der Waals surface area contributed by atoms with Crippen LogP contribution in [0.2, 0.25) is 0 Å². The van der Waals surface area contributed by atoms with E-state index in [0.717, 1.165) is 4.57 Å². The molecule has 0 saturated heterocycles. The van der Waals surface area contributed by atoms with E-state index in [1.807, 2.05) is 0 Å². The van der Waals surface area contributed by atoms with E-state index in [1.165, 1.54) is 18.3 Å². The zero-order chi connectivity index (χ0) is 12.8. The number of ether oxygens (including phenoxy) is 1. The number of anilines is 1. The van der Waals surface area contributed by atoms with Crippen molar-refractivity contribution in [3.05, 3.63) is 28.7 Å². The number of hydrogen-bond acceptors (Lipinski definition) is 5. The number of carbonyl (C=O) groups is 2. The van der Waals surface area contributed by atoms with Gasteiger partial charge in [0, 0.05) is 18.0 Å². The van der Waals surface area contributed by atoms with Gasteiger partial charge in [0.15, 0.2) is 0 Å². The first-order valence-corrected chi connectivity index (χ1v) is 4.89. The van der Waals surface area contributed by atoms with Gasteiger partial charge < -0.3 is 20.8 Å². The third kappa shape index (κ3) is 4.37. The molecule has 92 valence electrons. The molecule has 0 aliphatic carbocycles. The Labute approximate surface area is 97.0 Å². The van der Waals surface area contributed by atoms with Crippen LogP contribution in [-0.2, 0) is 20.9 Å². The first-order chi connectivity index (χ1) is 7.99. The minimum absolute atomic E-state index is 0.0441. The van der Waals surface area contributed by atoms with Crippen molar-refractivity contribution in [2.45, 2.75) is 13.0 Å². The SMILES string of the molecule is NC(=O)CCOC(=O)Cn1cc(N)ccc1=O. The van der Waals surface area contributed by atoms with E-state index in [-0.39, 0.29) is 25.1 Å². The Morgan fingerprint density at radius 2 is 2.06 bits per heavy atom. The molecular formula is C10H13N3O4. The fourth-order valence-electron chi connectivity index (χ4n) is 1.12. The van der Waals surface area contributed by atoms with E-state index in [4.69, 9.17) is 16.2 Å². The van der Waals surface area contributed by atoms with Crippen LogP contribution in [-0.4, -0.2) is 23.1 Å². The van der Waals surface area contributed by atoms with Crippen molar-refractivity contribution in [2.24, 2.45) is 5.73 Å². The molecule has 0 unspecified atom stereocenters. The third-order valence-electron chi connectivity index (χ3n) is 1.92. The van der Waals surface area contributed by atoms with Gasteiger partial charge in [-0.25, -0.2) is 0 Å². The highest BCUT2D eigenvalue weighted by Crippen LogP contribution is 1.96. The Balaban J connectivity index is 2.53. The molecule has 1 aromatic heterocycles. The second-order valence-electron chi connectivity index (χ2n) is 3.37. The lowest BCUT2D eigenvalue weighted by Gasteiger charge is -2.06. The molecule has 0 radical (unpaired) electrons. The average molecular weight is 239 g/mol. The summed E-state index contributed by atoms with van der Waals surface area (Å²) >= 11 is 0. The van der Waals surface area contributed by atoms with Gasteiger partial charge in [0.2, 0.25) is 5.91 Å². The predicted molar refractivity (Wildman–Crippen MR) is 59.9 cm³/mol. The van der Waals surface area contributed by atoms with Gasteiger partial charge in [-0.2, -0.15) is 0 Å². The second-order valence-corrected chi connectivity index (χ2v) is 3.37. The van der Waals surface area contributed by atoms with Crippen LogP contribution in [0.15, 0.2) is 23.1 Å². The number of rotatable bonds is 5. The van der Waals surface area contributed by atoms with Crippen LogP contribution in [0.25, 0.3) is 0 Å². The number of pyridine rings is 1. The van der Waals surface area contributed by atoms with Crippen LogP contribution in [0.4, 0.5) is 5.69 Å². The third-order valence-corrected chi connectivity index (χ3v) is 1.92. The van der Waals surface area contributed by atoms with Crippen LogP contribution < -0.4 is 17.0 Å². The molecule has 0 bridgehead atoms. The van der Waals surface area contributed by atoms with Gasteiger partial charge in [0.05, 0.1) is 6.42 Å². The number of nitrogens with two attached hydrogens (primary N) is 2. The average Bonchev–Trinajstić information content (AvgIpc) is 2.23. The number of carbonyl (C=O) groups excluding carboxylic acids is 2. The molecule has 4 N–H and O–H groups in total. The van der Waals surface area contributed by atoms with Crippen LogP contribution >= 0.6 is 0 Å². The second kappa shape index (κ2) is 5.69. The van der Waals surface area contributed by atoms with Gasteiger partial charge >= 0.3 is 5.97 Å². The van der Waals surface area contributed by atoms with Crippen molar-refractivity contribution in [3.8, 4) is 0 Å². The Morgan fingerprint density at radius 1 is 1.35 bits per heavy atom. The highest BCUT2D eigenvalue weighted by Gasteiger charge is 2.06.